The van der Waals surface area contributed by atoms with Crippen LogP contribution in [0.25, 0.3) is 0 Å². The molecule has 0 radical (unpaired) electrons. The van der Waals surface area contributed by atoms with Gasteiger partial charge in [0.25, 0.3) is 5.91 Å². The van der Waals surface area contributed by atoms with Crippen LogP contribution in [-0.2, 0) is 10.9 Å². The van der Waals surface area contributed by atoms with Crippen molar-refractivity contribution >= 4 is 17.5 Å². The van der Waals surface area contributed by atoms with E-state index in [1.807, 2.05) is 6.07 Å². The maximum atomic E-state index is 12.6. The highest BCUT2D eigenvalue weighted by Gasteiger charge is 2.32. The van der Waals surface area contributed by atoms with E-state index < -0.39 is 11.9 Å². The van der Waals surface area contributed by atoms with Crippen molar-refractivity contribution in [1.29, 1.82) is 0 Å². The van der Waals surface area contributed by atoms with Crippen molar-refractivity contribution in [2.75, 3.05) is 62.3 Å². The molecule has 2 fully saturated rings. The van der Waals surface area contributed by atoms with Gasteiger partial charge in [0, 0.05) is 51.5 Å². The van der Waals surface area contributed by atoms with Gasteiger partial charge >= 0.3 is 6.18 Å². The van der Waals surface area contributed by atoms with Crippen molar-refractivity contribution in [3.05, 3.63) is 42.0 Å². The number of anilines is 2. The zero-order valence-electron chi connectivity index (χ0n) is 16.2. The van der Waals surface area contributed by atoms with E-state index in [-0.39, 0.29) is 11.5 Å². The first-order chi connectivity index (χ1) is 14.4. The molecule has 2 saturated heterocycles. The number of carbonyl (C=O) groups excluding carboxylic acids is 1. The summed E-state index contributed by atoms with van der Waals surface area (Å²) in [6, 6.07) is 3.93. The number of hydrogen-bond donors (Lipinski definition) is 0. The predicted molar refractivity (Wildman–Crippen MR) is 102 cm³/mol. The van der Waals surface area contributed by atoms with Crippen LogP contribution < -0.4 is 9.80 Å². The second kappa shape index (κ2) is 8.42. The van der Waals surface area contributed by atoms with Crippen LogP contribution in [-0.4, -0.2) is 78.2 Å². The van der Waals surface area contributed by atoms with Gasteiger partial charge in [0.05, 0.1) is 18.8 Å². The lowest BCUT2D eigenvalue weighted by Crippen LogP contribution is -2.49. The van der Waals surface area contributed by atoms with E-state index in [4.69, 9.17) is 4.74 Å². The van der Waals surface area contributed by atoms with Crippen LogP contribution in [0, 0.1) is 0 Å². The Hall–Kier alpha value is -2.95. The van der Waals surface area contributed by atoms with Gasteiger partial charge in [-0.15, -0.1) is 0 Å². The van der Waals surface area contributed by atoms with E-state index in [0.717, 1.165) is 37.0 Å². The molecule has 0 unspecified atom stereocenters. The molecule has 1 amide bonds. The Kier molecular flexibility index (Phi) is 5.71. The third-order valence-corrected chi connectivity index (χ3v) is 5.17. The minimum atomic E-state index is -4.52. The average Bonchev–Trinajstić information content (AvgIpc) is 2.79. The number of halogens is 3. The van der Waals surface area contributed by atoms with Crippen molar-refractivity contribution in [3.63, 3.8) is 0 Å². The maximum Gasteiger partial charge on any atom is 0.433 e. The first-order valence-electron chi connectivity index (χ1n) is 9.64. The number of ether oxygens (including phenoxy) is 1. The Morgan fingerprint density at radius 2 is 1.53 bits per heavy atom. The molecule has 2 aromatic rings. The van der Waals surface area contributed by atoms with E-state index in [1.54, 1.807) is 4.90 Å². The summed E-state index contributed by atoms with van der Waals surface area (Å²) >= 11 is 0. The molecule has 0 spiro atoms. The SMILES string of the molecule is O=C(c1ccc(C(F)(F)F)nc1)N1CCN(c2cc(N3CCOCC3)ncn2)CC1. The molecular formula is C19H21F3N6O2. The predicted octanol–water partition coefficient (Wildman–Crippen LogP) is 1.69. The van der Waals surface area contributed by atoms with Crippen LogP contribution >= 0.6 is 0 Å². The number of rotatable bonds is 3. The number of piperazine rings is 1. The highest BCUT2D eigenvalue weighted by atomic mass is 19.4. The van der Waals surface area contributed by atoms with Gasteiger partial charge in [0.15, 0.2) is 0 Å². The van der Waals surface area contributed by atoms with Crippen LogP contribution in [0.2, 0.25) is 0 Å². The van der Waals surface area contributed by atoms with Crippen molar-refractivity contribution < 1.29 is 22.7 Å². The molecule has 11 heteroatoms. The molecule has 4 heterocycles. The maximum absolute atomic E-state index is 12.6. The standard InChI is InChI=1S/C19H21F3N6O2/c20-19(21,22)15-2-1-14(12-23-15)18(29)28-5-3-26(4-6-28)16-11-17(25-13-24-16)27-7-9-30-10-8-27/h1-2,11-13H,3-10H2. The fourth-order valence-electron chi connectivity index (χ4n) is 3.48. The third kappa shape index (κ3) is 4.45. The van der Waals surface area contributed by atoms with Gasteiger partial charge < -0.3 is 19.4 Å². The number of pyridine rings is 1. The molecule has 4 rings (SSSR count). The molecule has 0 bridgehead atoms. The molecule has 0 atom stereocenters. The Balaban J connectivity index is 1.37. The van der Waals surface area contributed by atoms with Gasteiger partial charge in [-0.2, -0.15) is 13.2 Å². The summed E-state index contributed by atoms with van der Waals surface area (Å²) in [6.07, 6.45) is -2.01. The highest BCUT2D eigenvalue weighted by molar-refractivity contribution is 5.94. The Labute approximate surface area is 171 Å². The number of aromatic nitrogens is 3. The van der Waals surface area contributed by atoms with E-state index in [2.05, 4.69) is 24.8 Å². The van der Waals surface area contributed by atoms with Crippen molar-refractivity contribution in [1.82, 2.24) is 19.9 Å². The molecule has 8 nitrogen and oxygen atoms in total. The average molecular weight is 422 g/mol. The highest BCUT2D eigenvalue weighted by Crippen LogP contribution is 2.27. The molecule has 2 aliphatic rings. The summed E-state index contributed by atoms with van der Waals surface area (Å²) < 4.78 is 43.3. The van der Waals surface area contributed by atoms with Gasteiger partial charge in [-0.25, -0.2) is 9.97 Å². The van der Waals surface area contributed by atoms with Crippen LogP contribution in [0.15, 0.2) is 30.7 Å². The van der Waals surface area contributed by atoms with Crippen LogP contribution in [0.1, 0.15) is 16.1 Å². The van der Waals surface area contributed by atoms with E-state index in [9.17, 15) is 18.0 Å². The molecule has 0 aromatic carbocycles. The summed E-state index contributed by atoms with van der Waals surface area (Å²) in [5, 5.41) is 0. The second-order valence-electron chi connectivity index (χ2n) is 7.04. The molecule has 0 N–H and O–H groups in total. The number of morpholine rings is 1. The van der Waals surface area contributed by atoms with E-state index >= 15 is 0 Å². The zero-order chi connectivity index (χ0) is 21.1. The lowest BCUT2D eigenvalue weighted by molar-refractivity contribution is -0.141. The Morgan fingerprint density at radius 1 is 0.900 bits per heavy atom. The Morgan fingerprint density at radius 3 is 2.10 bits per heavy atom. The van der Waals surface area contributed by atoms with Crippen LogP contribution in [0.4, 0.5) is 24.8 Å². The summed E-state index contributed by atoms with van der Waals surface area (Å²) in [5.41, 5.74) is -0.864. The lowest BCUT2D eigenvalue weighted by atomic mass is 10.2. The lowest BCUT2D eigenvalue weighted by Gasteiger charge is -2.36. The van der Waals surface area contributed by atoms with Gasteiger partial charge in [-0.1, -0.05) is 0 Å². The fourth-order valence-corrected chi connectivity index (χ4v) is 3.48. The number of nitrogens with zero attached hydrogens (tertiary/aromatic N) is 6. The number of amides is 1. The molecule has 2 aromatic heterocycles. The Bertz CT molecular complexity index is 879. The first-order valence-corrected chi connectivity index (χ1v) is 9.64. The first kappa shape index (κ1) is 20.3. The van der Waals surface area contributed by atoms with E-state index in [0.29, 0.717) is 39.4 Å². The number of carbonyl (C=O) groups is 1. The van der Waals surface area contributed by atoms with Gasteiger partial charge in [0.2, 0.25) is 0 Å². The fraction of sp³-hybridized carbons (Fsp3) is 0.474. The monoisotopic (exact) mass is 422 g/mol. The van der Waals surface area contributed by atoms with Crippen molar-refractivity contribution in [3.8, 4) is 0 Å². The van der Waals surface area contributed by atoms with Gasteiger partial charge in [-0.05, 0) is 12.1 Å². The smallest absolute Gasteiger partial charge is 0.378 e. The molecule has 0 saturated carbocycles. The van der Waals surface area contributed by atoms with Gasteiger partial charge in [0.1, 0.15) is 23.7 Å². The third-order valence-electron chi connectivity index (χ3n) is 5.17. The molecule has 160 valence electrons. The minimum Gasteiger partial charge on any atom is -0.378 e. The summed E-state index contributed by atoms with van der Waals surface area (Å²) in [6.45, 7) is 4.91. The molecule has 30 heavy (non-hydrogen) atoms. The second-order valence-corrected chi connectivity index (χ2v) is 7.04. The molecular weight excluding hydrogens is 401 g/mol. The topological polar surface area (TPSA) is 74.7 Å². The van der Waals surface area contributed by atoms with Crippen LogP contribution in [0.3, 0.4) is 0 Å². The largest absolute Gasteiger partial charge is 0.433 e. The molecule has 2 aliphatic heterocycles. The van der Waals surface area contributed by atoms with Crippen LogP contribution in [0.5, 0.6) is 0 Å². The number of hydrogen-bond acceptors (Lipinski definition) is 7. The van der Waals surface area contributed by atoms with Gasteiger partial charge in [-0.3, -0.25) is 9.78 Å². The molecule has 0 aliphatic carbocycles. The van der Waals surface area contributed by atoms with E-state index in [1.165, 1.54) is 12.4 Å². The van der Waals surface area contributed by atoms with Crippen molar-refractivity contribution in [2.45, 2.75) is 6.18 Å². The quantitative estimate of drug-likeness (QED) is 0.745. The summed E-state index contributed by atoms with van der Waals surface area (Å²) in [5.74, 6) is 1.31. The number of alkyl halides is 3. The summed E-state index contributed by atoms with van der Waals surface area (Å²) in [7, 11) is 0. The normalized spacial score (nSPS) is 17.9. The minimum absolute atomic E-state index is 0.146. The zero-order valence-corrected chi connectivity index (χ0v) is 16.2. The van der Waals surface area contributed by atoms with Crippen molar-refractivity contribution in [2.24, 2.45) is 0 Å². The summed E-state index contributed by atoms with van der Waals surface area (Å²) in [4.78, 5) is 30.5.